The SMILES string of the molecule is COc1ccc(CN)cc1OCC(F)(F)C(F)F. The van der Waals surface area contributed by atoms with Gasteiger partial charge in [0, 0.05) is 6.54 Å². The quantitative estimate of drug-likeness (QED) is 0.805. The summed E-state index contributed by atoms with van der Waals surface area (Å²) in [5.74, 6) is -4.07. The zero-order chi connectivity index (χ0) is 13.8. The van der Waals surface area contributed by atoms with E-state index in [2.05, 4.69) is 4.74 Å². The largest absolute Gasteiger partial charge is 0.493 e. The summed E-state index contributed by atoms with van der Waals surface area (Å²) in [6.45, 7) is -1.25. The van der Waals surface area contributed by atoms with Crippen LogP contribution >= 0.6 is 0 Å². The molecule has 0 unspecified atom stereocenters. The van der Waals surface area contributed by atoms with Gasteiger partial charge in [-0.3, -0.25) is 0 Å². The van der Waals surface area contributed by atoms with Crippen LogP contribution in [0.1, 0.15) is 5.56 Å². The summed E-state index contributed by atoms with van der Waals surface area (Å²) in [6.07, 6.45) is -3.78. The van der Waals surface area contributed by atoms with Crippen LogP contribution in [0.25, 0.3) is 0 Å². The van der Waals surface area contributed by atoms with Crippen LogP contribution in [0.15, 0.2) is 18.2 Å². The summed E-state index contributed by atoms with van der Waals surface area (Å²) in [5, 5.41) is 0. The van der Waals surface area contributed by atoms with E-state index in [-0.39, 0.29) is 18.0 Å². The molecule has 0 saturated carbocycles. The molecule has 0 aliphatic heterocycles. The van der Waals surface area contributed by atoms with Crippen LogP contribution in [0.4, 0.5) is 17.6 Å². The fourth-order valence-corrected chi connectivity index (χ4v) is 1.20. The van der Waals surface area contributed by atoms with Crippen LogP contribution in [0.2, 0.25) is 0 Å². The predicted octanol–water partition coefficient (Wildman–Crippen LogP) is 2.43. The second-order valence-corrected chi connectivity index (χ2v) is 3.54. The van der Waals surface area contributed by atoms with Gasteiger partial charge in [-0.25, -0.2) is 8.78 Å². The number of alkyl halides is 4. The van der Waals surface area contributed by atoms with Crippen molar-refractivity contribution < 1.29 is 27.0 Å². The van der Waals surface area contributed by atoms with E-state index in [1.165, 1.54) is 19.2 Å². The van der Waals surface area contributed by atoms with Crippen LogP contribution in [0.5, 0.6) is 11.5 Å². The van der Waals surface area contributed by atoms with Gasteiger partial charge in [-0.2, -0.15) is 8.78 Å². The molecule has 0 radical (unpaired) electrons. The highest BCUT2D eigenvalue weighted by Crippen LogP contribution is 2.30. The van der Waals surface area contributed by atoms with Gasteiger partial charge in [-0.1, -0.05) is 6.07 Å². The first-order valence-corrected chi connectivity index (χ1v) is 5.06. The summed E-state index contributed by atoms with van der Waals surface area (Å²) in [4.78, 5) is 0. The van der Waals surface area contributed by atoms with Crippen LogP contribution < -0.4 is 15.2 Å². The molecule has 18 heavy (non-hydrogen) atoms. The summed E-state index contributed by atoms with van der Waals surface area (Å²) < 4.78 is 58.9. The van der Waals surface area contributed by atoms with Crippen LogP contribution in [0, 0.1) is 0 Å². The number of hydrogen-bond acceptors (Lipinski definition) is 3. The number of hydrogen-bond donors (Lipinski definition) is 1. The molecular formula is C11H13F4NO2. The molecule has 0 aromatic heterocycles. The lowest BCUT2D eigenvalue weighted by Gasteiger charge is -2.17. The Morgan fingerprint density at radius 2 is 1.94 bits per heavy atom. The molecule has 7 heteroatoms. The lowest BCUT2D eigenvalue weighted by molar-refractivity contribution is -0.148. The average Bonchev–Trinajstić information content (AvgIpc) is 2.35. The van der Waals surface area contributed by atoms with E-state index in [1.807, 2.05) is 0 Å². The summed E-state index contributed by atoms with van der Waals surface area (Å²) in [6, 6.07) is 4.47. The van der Waals surface area contributed by atoms with Crippen molar-refractivity contribution >= 4 is 0 Å². The van der Waals surface area contributed by atoms with Gasteiger partial charge in [0.15, 0.2) is 18.1 Å². The monoisotopic (exact) mass is 267 g/mol. The molecule has 0 aliphatic rings. The second kappa shape index (κ2) is 5.90. The molecule has 0 bridgehead atoms. The normalized spacial score (nSPS) is 11.7. The lowest BCUT2D eigenvalue weighted by atomic mass is 10.2. The maximum absolute atomic E-state index is 12.7. The number of methoxy groups -OCH3 is 1. The van der Waals surface area contributed by atoms with Gasteiger partial charge in [-0.15, -0.1) is 0 Å². The Hall–Kier alpha value is -1.50. The van der Waals surface area contributed by atoms with Gasteiger partial charge >= 0.3 is 12.3 Å². The Morgan fingerprint density at radius 3 is 2.44 bits per heavy atom. The fourth-order valence-electron chi connectivity index (χ4n) is 1.20. The zero-order valence-electron chi connectivity index (χ0n) is 9.63. The molecule has 102 valence electrons. The topological polar surface area (TPSA) is 44.5 Å². The number of ether oxygens (including phenoxy) is 2. The van der Waals surface area contributed by atoms with E-state index in [0.717, 1.165) is 0 Å². The highest BCUT2D eigenvalue weighted by atomic mass is 19.3. The Balaban J connectivity index is 2.83. The predicted molar refractivity (Wildman–Crippen MR) is 57.3 cm³/mol. The zero-order valence-corrected chi connectivity index (χ0v) is 9.63. The minimum atomic E-state index is -4.20. The van der Waals surface area contributed by atoms with Crippen LogP contribution in [-0.2, 0) is 6.54 Å². The van der Waals surface area contributed by atoms with Crippen molar-refractivity contribution in [1.82, 2.24) is 0 Å². The Bertz CT molecular complexity index is 399. The number of rotatable bonds is 6. The third-order valence-electron chi connectivity index (χ3n) is 2.20. The maximum atomic E-state index is 12.7. The van der Waals surface area contributed by atoms with E-state index < -0.39 is 19.0 Å². The Labute approximate surface area is 101 Å². The summed E-state index contributed by atoms with van der Waals surface area (Å²) in [5.41, 5.74) is 5.99. The van der Waals surface area contributed by atoms with E-state index in [0.29, 0.717) is 5.56 Å². The molecule has 1 aromatic rings. The van der Waals surface area contributed by atoms with Gasteiger partial charge in [-0.05, 0) is 17.7 Å². The molecule has 2 N–H and O–H groups in total. The first kappa shape index (κ1) is 14.6. The van der Waals surface area contributed by atoms with Gasteiger partial charge in [0.1, 0.15) is 0 Å². The van der Waals surface area contributed by atoms with E-state index in [9.17, 15) is 17.6 Å². The highest BCUT2D eigenvalue weighted by Gasteiger charge is 2.41. The Morgan fingerprint density at radius 1 is 1.28 bits per heavy atom. The molecule has 0 fully saturated rings. The van der Waals surface area contributed by atoms with E-state index in [4.69, 9.17) is 10.5 Å². The smallest absolute Gasteiger partial charge is 0.340 e. The minimum absolute atomic E-state index is 0.0409. The molecule has 0 spiro atoms. The van der Waals surface area contributed by atoms with Gasteiger partial charge in [0.25, 0.3) is 0 Å². The third kappa shape index (κ3) is 3.49. The maximum Gasteiger partial charge on any atom is 0.340 e. The Kier molecular flexibility index (Phi) is 4.77. The highest BCUT2D eigenvalue weighted by molar-refractivity contribution is 5.42. The van der Waals surface area contributed by atoms with Crippen molar-refractivity contribution in [2.24, 2.45) is 5.73 Å². The van der Waals surface area contributed by atoms with Crippen LogP contribution in [-0.4, -0.2) is 26.1 Å². The van der Waals surface area contributed by atoms with Crippen molar-refractivity contribution in [2.75, 3.05) is 13.7 Å². The van der Waals surface area contributed by atoms with Gasteiger partial charge in [0.2, 0.25) is 0 Å². The third-order valence-corrected chi connectivity index (χ3v) is 2.20. The molecule has 0 aliphatic carbocycles. The first-order valence-electron chi connectivity index (χ1n) is 5.06. The van der Waals surface area contributed by atoms with Gasteiger partial charge in [0.05, 0.1) is 7.11 Å². The molecule has 3 nitrogen and oxygen atoms in total. The number of benzene rings is 1. The molecule has 0 heterocycles. The van der Waals surface area contributed by atoms with Crippen LogP contribution in [0.3, 0.4) is 0 Å². The van der Waals surface area contributed by atoms with Crippen molar-refractivity contribution in [2.45, 2.75) is 18.9 Å². The van der Waals surface area contributed by atoms with E-state index in [1.54, 1.807) is 6.07 Å². The lowest BCUT2D eigenvalue weighted by Crippen LogP contribution is -2.33. The number of nitrogens with two attached hydrogens (primary N) is 1. The van der Waals surface area contributed by atoms with Crippen molar-refractivity contribution in [3.05, 3.63) is 23.8 Å². The number of halogens is 4. The summed E-state index contributed by atoms with van der Waals surface area (Å²) in [7, 11) is 1.32. The molecule has 0 amide bonds. The molecule has 0 atom stereocenters. The van der Waals surface area contributed by atoms with Gasteiger partial charge < -0.3 is 15.2 Å². The standard InChI is InChI=1S/C11H13F4NO2/c1-17-8-3-2-7(5-16)4-9(8)18-6-11(14,15)10(12)13/h2-4,10H,5-6,16H2,1H3. The minimum Gasteiger partial charge on any atom is -0.493 e. The second-order valence-electron chi connectivity index (χ2n) is 3.54. The molecule has 1 aromatic carbocycles. The molecule has 0 saturated heterocycles. The van der Waals surface area contributed by atoms with E-state index >= 15 is 0 Å². The summed E-state index contributed by atoms with van der Waals surface area (Å²) >= 11 is 0. The molecular weight excluding hydrogens is 254 g/mol. The average molecular weight is 267 g/mol. The molecule has 1 rings (SSSR count). The van der Waals surface area contributed by atoms with Crippen molar-refractivity contribution in [3.8, 4) is 11.5 Å². The first-order chi connectivity index (χ1) is 8.40. The van der Waals surface area contributed by atoms with Crippen molar-refractivity contribution in [1.29, 1.82) is 0 Å². The fraction of sp³-hybridized carbons (Fsp3) is 0.455. The van der Waals surface area contributed by atoms with Crippen molar-refractivity contribution in [3.63, 3.8) is 0 Å².